The molecular formula is C13H18O. The van der Waals surface area contributed by atoms with Gasteiger partial charge in [0, 0.05) is 6.61 Å². The Morgan fingerprint density at radius 2 is 1.86 bits per heavy atom. The Labute approximate surface area is 86.1 Å². The number of aliphatic hydroxyl groups excluding tert-OH is 1. The summed E-state index contributed by atoms with van der Waals surface area (Å²) in [4.78, 5) is 0. The molecule has 1 aromatic rings. The molecule has 0 radical (unpaired) electrons. The van der Waals surface area contributed by atoms with Crippen molar-refractivity contribution in [2.24, 2.45) is 0 Å². The van der Waals surface area contributed by atoms with E-state index in [9.17, 15) is 0 Å². The molecule has 76 valence electrons. The van der Waals surface area contributed by atoms with Gasteiger partial charge in [-0.1, -0.05) is 42.8 Å². The van der Waals surface area contributed by atoms with Crippen LogP contribution >= 0.6 is 0 Å². The highest BCUT2D eigenvalue weighted by atomic mass is 16.2. The Bertz CT molecular complexity index is 298. The van der Waals surface area contributed by atoms with Gasteiger partial charge in [-0.25, -0.2) is 0 Å². The largest absolute Gasteiger partial charge is 0.396 e. The summed E-state index contributed by atoms with van der Waals surface area (Å²) in [6, 6.07) is 10.4. The SMILES string of the molecule is CC/C(=C(\C)CCO)c1ccccc1. The third-order valence-electron chi connectivity index (χ3n) is 2.48. The highest BCUT2D eigenvalue weighted by molar-refractivity contribution is 5.68. The molecule has 14 heavy (non-hydrogen) atoms. The first-order valence-corrected chi connectivity index (χ1v) is 5.14. The lowest BCUT2D eigenvalue weighted by Gasteiger charge is -2.09. The summed E-state index contributed by atoms with van der Waals surface area (Å²) in [5, 5.41) is 8.89. The van der Waals surface area contributed by atoms with Crippen molar-refractivity contribution in [1.82, 2.24) is 0 Å². The fourth-order valence-corrected chi connectivity index (χ4v) is 1.71. The van der Waals surface area contributed by atoms with E-state index in [1.807, 2.05) is 6.07 Å². The molecule has 0 bridgehead atoms. The fourth-order valence-electron chi connectivity index (χ4n) is 1.71. The summed E-state index contributed by atoms with van der Waals surface area (Å²) in [6.45, 7) is 4.49. The minimum atomic E-state index is 0.238. The molecule has 0 fully saturated rings. The molecule has 0 aliphatic heterocycles. The van der Waals surface area contributed by atoms with Crippen molar-refractivity contribution in [3.63, 3.8) is 0 Å². The molecule has 0 unspecified atom stereocenters. The summed E-state index contributed by atoms with van der Waals surface area (Å²) in [5.74, 6) is 0. The molecule has 1 rings (SSSR count). The average molecular weight is 190 g/mol. The number of hydrogen-bond donors (Lipinski definition) is 1. The third-order valence-corrected chi connectivity index (χ3v) is 2.48. The molecule has 1 heteroatoms. The van der Waals surface area contributed by atoms with Gasteiger partial charge in [0.05, 0.1) is 0 Å². The fraction of sp³-hybridized carbons (Fsp3) is 0.385. The summed E-state index contributed by atoms with van der Waals surface area (Å²) in [7, 11) is 0. The van der Waals surface area contributed by atoms with Crippen molar-refractivity contribution in [2.45, 2.75) is 26.7 Å². The first-order valence-electron chi connectivity index (χ1n) is 5.14. The van der Waals surface area contributed by atoms with Crippen LogP contribution in [0.3, 0.4) is 0 Å². The van der Waals surface area contributed by atoms with Crippen molar-refractivity contribution in [3.05, 3.63) is 41.5 Å². The Morgan fingerprint density at radius 1 is 1.21 bits per heavy atom. The maximum Gasteiger partial charge on any atom is 0.0468 e. The van der Waals surface area contributed by atoms with Crippen LogP contribution in [0.2, 0.25) is 0 Å². The number of rotatable bonds is 4. The van der Waals surface area contributed by atoms with Crippen LogP contribution in [0.5, 0.6) is 0 Å². The Balaban J connectivity index is 2.98. The molecule has 0 spiro atoms. The van der Waals surface area contributed by atoms with Gasteiger partial charge in [0.1, 0.15) is 0 Å². The van der Waals surface area contributed by atoms with E-state index >= 15 is 0 Å². The van der Waals surface area contributed by atoms with Gasteiger partial charge in [-0.2, -0.15) is 0 Å². The van der Waals surface area contributed by atoms with E-state index in [4.69, 9.17) is 5.11 Å². The standard InChI is InChI=1S/C13H18O/c1-3-13(11(2)9-10-14)12-7-5-4-6-8-12/h4-8,14H,3,9-10H2,1-2H3/b13-11-. The topological polar surface area (TPSA) is 20.2 Å². The van der Waals surface area contributed by atoms with Gasteiger partial charge < -0.3 is 5.11 Å². The van der Waals surface area contributed by atoms with Crippen LogP contribution in [0, 0.1) is 0 Å². The minimum absolute atomic E-state index is 0.238. The maximum atomic E-state index is 8.89. The Hall–Kier alpha value is -1.08. The Morgan fingerprint density at radius 3 is 2.36 bits per heavy atom. The summed E-state index contributed by atoms with van der Waals surface area (Å²) in [6.07, 6.45) is 1.80. The van der Waals surface area contributed by atoms with Crippen molar-refractivity contribution in [2.75, 3.05) is 6.61 Å². The van der Waals surface area contributed by atoms with Gasteiger partial charge in [-0.15, -0.1) is 0 Å². The molecule has 0 saturated heterocycles. The van der Waals surface area contributed by atoms with Gasteiger partial charge in [0.2, 0.25) is 0 Å². The first kappa shape index (κ1) is 11.0. The molecule has 0 aromatic heterocycles. The monoisotopic (exact) mass is 190 g/mol. The lowest BCUT2D eigenvalue weighted by Crippen LogP contribution is -1.91. The van der Waals surface area contributed by atoms with E-state index in [0.29, 0.717) is 0 Å². The number of aliphatic hydroxyl groups is 1. The van der Waals surface area contributed by atoms with E-state index in [1.165, 1.54) is 16.7 Å². The van der Waals surface area contributed by atoms with Crippen LogP contribution in [0.1, 0.15) is 32.3 Å². The molecule has 0 aliphatic rings. The van der Waals surface area contributed by atoms with Gasteiger partial charge in [0.15, 0.2) is 0 Å². The maximum absolute atomic E-state index is 8.89. The van der Waals surface area contributed by atoms with Crippen LogP contribution < -0.4 is 0 Å². The summed E-state index contributed by atoms with van der Waals surface area (Å²) < 4.78 is 0. The molecule has 1 N–H and O–H groups in total. The molecule has 0 saturated carbocycles. The summed E-state index contributed by atoms with van der Waals surface area (Å²) >= 11 is 0. The van der Waals surface area contributed by atoms with E-state index < -0.39 is 0 Å². The number of benzene rings is 1. The van der Waals surface area contributed by atoms with Crippen LogP contribution in [0.25, 0.3) is 5.57 Å². The molecule has 1 aromatic carbocycles. The summed E-state index contributed by atoms with van der Waals surface area (Å²) in [5.41, 5.74) is 3.93. The Kier molecular flexibility index (Phi) is 4.41. The zero-order valence-electron chi connectivity index (χ0n) is 8.96. The zero-order chi connectivity index (χ0) is 10.4. The van der Waals surface area contributed by atoms with Gasteiger partial charge >= 0.3 is 0 Å². The molecule has 0 aliphatic carbocycles. The predicted octanol–water partition coefficient (Wildman–Crippen LogP) is 3.25. The van der Waals surface area contributed by atoms with Gasteiger partial charge in [0.25, 0.3) is 0 Å². The van der Waals surface area contributed by atoms with Gasteiger partial charge in [-0.3, -0.25) is 0 Å². The second kappa shape index (κ2) is 5.61. The van der Waals surface area contributed by atoms with Crippen molar-refractivity contribution >= 4 is 5.57 Å². The highest BCUT2D eigenvalue weighted by Gasteiger charge is 2.02. The van der Waals surface area contributed by atoms with Crippen LogP contribution in [-0.4, -0.2) is 11.7 Å². The van der Waals surface area contributed by atoms with Crippen LogP contribution in [0.4, 0.5) is 0 Å². The van der Waals surface area contributed by atoms with Crippen LogP contribution in [-0.2, 0) is 0 Å². The smallest absolute Gasteiger partial charge is 0.0468 e. The highest BCUT2D eigenvalue weighted by Crippen LogP contribution is 2.23. The minimum Gasteiger partial charge on any atom is -0.396 e. The molecule has 1 nitrogen and oxygen atoms in total. The first-order chi connectivity index (χ1) is 6.79. The van der Waals surface area contributed by atoms with Crippen molar-refractivity contribution in [1.29, 1.82) is 0 Å². The molecular weight excluding hydrogens is 172 g/mol. The predicted molar refractivity (Wildman–Crippen MR) is 61.0 cm³/mol. The second-order valence-corrected chi connectivity index (χ2v) is 3.45. The number of hydrogen-bond acceptors (Lipinski definition) is 1. The van der Waals surface area contributed by atoms with Crippen LogP contribution in [0.15, 0.2) is 35.9 Å². The van der Waals surface area contributed by atoms with Gasteiger partial charge in [-0.05, 0) is 30.9 Å². The van der Waals surface area contributed by atoms with E-state index in [2.05, 4.69) is 38.1 Å². The lowest BCUT2D eigenvalue weighted by molar-refractivity contribution is 0.299. The van der Waals surface area contributed by atoms with E-state index in [0.717, 1.165) is 12.8 Å². The zero-order valence-corrected chi connectivity index (χ0v) is 8.96. The second-order valence-electron chi connectivity index (χ2n) is 3.45. The molecule has 0 heterocycles. The number of allylic oxidation sites excluding steroid dienone is 1. The molecule has 0 atom stereocenters. The van der Waals surface area contributed by atoms with E-state index in [1.54, 1.807) is 0 Å². The quantitative estimate of drug-likeness (QED) is 0.772. The van der Waals surface area contributed by atoms with E-state index in [-0.39, 0.29) is 6.61 Å². The normalized spacial score (nSPS) is 12.5. The average Bonchev–Trinajstić information content (AvgIpc) is 2.21. The lowest BCUT2D eigenvalue weighted by atomic mass is 9.97. The van der Waals surface area contributed by atoms with Crippen molar-refractivity contribution < 1.29 is 5.11 Å². The van der Waals surface area contributed by atoms with Crippen molar-refractivity contribution in [3.8, 4) is 0 Å². The third kappa shape index (κ3) is 2.71. The molecule has 0 amide bonds.